The molecule has 0 N–H and O–H groups in total. The molecule has 0 saturated carbocycles. The van der Waals surface area contributed by atoms with Crippen LogP contribution in [0.15, 0.2) is 0 Å². The molecule has 1 aliphatic rings. The molecule has 54 valence electrons. The van der Waals surface area contributed by atoms with Crippen molar-refractivity contribution in [2.24, 2.45) is 5.92 Å². The Hall–Kier alpha value is 0.270. The van der Waals surface area contributed by atoms with Crippen molar-refractivity contribution in [2.75, 3.05) is 19.8 Å². The molecule has 1 saturated heterocycles. The lowest BCUT2D eigenvalue weighted by Crippen LogP contribution is -2.18. The van der Waals surface area contributed by atoms with Gasteiger partial charge < -0.3 is 8.92 Å². The van der Waals surface area contributed by atoms with Crippen LogP contribution in [-0.2, 0) is 8.92 Å². The molecule has 1 fully saturated rings. The minimum atomic E-state index is 0.677. The van der Waals surface area contributed by atoms with E-state index >= 15 is 0 Å². The van der Waals surface area contributed by atoms with Gasteiger partial charge in [-0.05, 0) is 31.7 Å². The molecule has 0 spiro atoms. The summed E-state index contributed by atoms with van der Waals surface area (Å²) in [7, 11) is 0. The summed E-state index contributed by atoms with van der Waals surface area (Å²) in [6, 6.07) is 0. The van der Waals surface area contributed by atoms with Crippen LogP contribution in [0, 0.1) is 5.92 Å². The highest BCUT2D eigenvalue weighted by Gasteiger charge is 2.12. The lowest BCUT2D eigenvalue weighted by atomic mass is 10.0. The summed E-state index contributed by atoms with van der Waals surface area (Å²) in [5, 5.41) is 0. The predicted octanol–water partition coefficient (Wildman–Crippen LogP) is 1.27. The van der Waals surface area contributed by atoms with E-state index in [9.17, 15) is 0 Å². The molecule has 0 bridgehead atoms. The fourth-order valence-corrected chi connectivity index (χ4v) is 1.23. The maximum absolute atomic E-state index is 5.17. The van der Waals surface area contributed by atoms with Crippen LogP contribution in [-0.4, -0.2) is 19.8 Å². The van der Waals surface area contributed by atoms with Gasteiger partial charge >= 0.3 is 0 Å². The van der Waals surface area contributed by atoms with E-state index in [1.165, 1.54) is 0 Å². The highest BCUT2D eigenvalue weighted by atomic mass is 32.1. The van der Waals surface area contributed by atoms with Crippen molar-refractivity contribution in [1.82, 2.24) is 0 Å². The molecule has 0 aromatic rings. The van der Waals surface area contributed by atoms with Crippen LogP contribution in [0.1, 0.15) is 12.8 Å². The second-order valence-corrected chi connectivity index (χ2v) is 2.61. The van der Waals surface area contributed by atoms with Gasteiger partial charge in [-0.15, -0.1) is 0 Å². The number of hydrogen-bond acceptors (Lipinski definition) is 3. The van der Waals surface area contributed by atoms with E-state index in [4.69, 9.17) is 8.92 Å². The van der Waals surface area contributed by atoms with E-state index in [0.29, 0.717) is 5.92 Å². The van der Waals surface area contributed by atoms with Crippen molar-refractivity contribution in [3.63, 3.8) is 0 Å². The highest BCUT2D eigenvalue weighted by Crippen LogP contribution is 2.14. The third-order valence-corrected chi connectivity index (χ3v) is 1.80. The van der Waals surface area contributed by atoms with E-state index in [2.05, 4.69) is 12.9 Å². The molecule has 0 amide bonds. The van der Waals surface area contributed by atoms with Crippen LogP contribution in [0.3, 0.4) is 0 Å². The van der Waals surface area contributed by atoms with E-state index in [1.807, 2.05) is 0 Å². The van der Waals surface area contributed by atoms with Crippen LogP contribution < -0.4 is 0 Å². The van der Waals surface area contributed by atoms with Crippen LogP contribution in [0.4, 0.5) is 0 Å². The lowest BCUT2D eigenvalue weighted by molar-refractivity contribution is 0.0532. The van der Waals surface area contributed by atoms with Crippen LogP contribution >= 0.6 is 12.9 Å². The Morgan fingerprint density at radius 1 is 1.44 bits per heavy atom. The smallest absolute Gasteiger partial charge is 0.0640 e. The Balaban J connectivity index is 2.08. The van der Waals surface area contributed by atoms with Gasteiger partial charge in [-0.3, -0.25) is 0 Å². The average molecular weight is 148 g/mol. The molecule has 0 aliphatic carbocycles. The van der Waals surface area contributed by atoms with Crippen molar-refractivity contribution < 1.29 is 8.92 Å². The first-order valence-electron chi connectivity index (χ1n) is 3.27. The zero-order valence-corrected chi connectivity index (χ0v) is 6.27. The standard InChI is InChI=1S/C6H12O2S/c9-8-5-6-1-3-7-4-2-6/h6,9H,1-5H2. The van der Waals surface area contributed by atoms with Crippen molar-refractivity contribution in [1.29, 1.82) is 0 Å². The Labute approximate surface area is 61.1 Å². The molecule has 1 aliphatic heterocycles. The summed E-state index contributed by atoms with van der Waals surface area (Å²) in [5.41, 5.74) is 0. The van der Waals surface area contributed by atoms with Crippen molar-refractivity contribution >= 4 is 12.9 Å². The second-order valence-electron chi connectivity index (χ2n) is 2.35. The van der Waals surface area contributed by atoms with E-state index in [0.717, 1.165) is 32.7 Å². The Morgan fingerprint density at radius 2 is 2.11 bits per heavy atom. The Morgan fingerprint density at radius 3 is 2.67 bits per heavy atom. The molecule has 0 unspecified atom stereocenters. The first kappa shape index (κ1) is 7.38. The summed E-state index contributed by atoms with van der Waals surface area (Å²) in [5.74, 6) is 0.677. The average Bonchev–Trinajstić information content (AvgIpc) is 1.91. The summed E-state index contributed by atoms with van der Waals surface area (Å²) in [6.07, 6.45) is 2.25. The van der Waals surface area contributed by atoms with Gasteiger partial charge in [-0.1, -0.05) is 0 Å². The van der Waals surface area contributed by atoms with Gasteiger partial charge in [0.2, 0.25) is 0 Å². The zero-order chi connectivity index (χ0) is 6.53. The number of rotatable bonds is 2. The molecule has 9 heavy (non-hydrogen) atoms. The molecule has 0 atom stereocenters. The molecular formula is C6H12O2S. The first-order chi connectivity index (χ1) is 4.43. The Bertz CT molecular complexity index is 68.7. The number of thiol groups is 1. The lowest BCUT2D eigenvalue weighted by Gasteiger charge is -2.20. The van der Waals surface area contributed by atoms with Gasteiger partial charge in [0.25, 0.3) is 0 Å². The van der Waals surface area contributed by atoms with Gasteiger partial charge in [-0.2, -0.15) is 0 Å². The van der Waals surface area contributed by atoms with Crippen molar-refractivity contribution in [3.8, 4) is 0 Å². The SMILES string of the molecule is SOCC1CCOCC1. The molecule has 0 aromatic heterocycles. The molecule has 1 rings (SSSR count). The normalized spacial score (nSPS) is 22.3. The molecule has 3 heteroatoms. The van der Waals surface area contributed by atoms with E-state index < -0.39 is 0 Å². The first-order valence-corrected chi connectivity index (χ1v) is 3.64. The minimum absolute atomic E-state index is 0.677. The van der Waals surface area contributed by atoms with Crippen LogP contribution in [0.5, 0.6) is 0 Å². The fourth-order valence-electron chi connectivity index (χ4n) is 1.02. The quantitative estimate of drug-likeness (QED) is 0.469. The third kappa shape index (κ3) is 2.56. The molecule has 0 radical (unpaired) electrons. The molecule has 2 nitrogen and oxygen atoms in total. The van der Waals surface area contributed by atoms with Gasteiger partial charge in [0, 0.05) is 13.2 Å². The van der Waals surface area contributed by atoms with Gasteiger partial charge in [-0.25, -0.2) is 0 Å². The second kappa shape index (κ2) is 4.14. The van der Waals surface area contributed by atoms with Gasteiger partial charge in [0.1, 0.15) is 0 Å². The predicted molar refractivity (Wildman–Crippen MR) is 38.5 cm³/mol. The molecule has 1 heterocycles. The third-order valence-electron chi connectivity index (χ3n) is 1.65. The fraction of sp³-hybridized carbons (Fsp3) is 1.00. The zero-order valence-electron chi connectivity index (χ0n) is 5.38. The van der Waals surface area contributed by atoms with Crippen LogP contribution in [0.2, 0.25) is 0 Å². The van der Waals surface area contributed by atoms with Crippen molar-refractivity contribution in [2.45, 2.75) is 12.8 Å². The molecular weight excluding hydrogens is 136 g/mol. The van der Waals surface area contributed by atoms with Crippen molar-refractivity contribution in [3.05, 3.63) is 0 Å². The van der Waals surface area contributed by atoms with E-state index in [-0.39, 0.29) is 0 Å². The summed E-state index contributed by atoms with van der Waals surface area (Å²) < 4.78 is 9.89. The highest BCUT2D eigenvalue weighted by molar-refractivity contribution is 7.75. The van der Waals surface area contributed by atoms with Crippen LogP contribution in [0.25, 0.3) is 0 Å². The largest absolute Gasteiger partial charge is 0.381 e. The topological polar surface area (TPSA) is 18.5 Å². The summed E-state index contributed by atoms with van der Waals surface area (Å²) in [6.45, 7) is 2.55. The maximum atomic E-state index is 5.17. The summed E-state index contributed by atoms with van der Waals surface area (Å²) in [4.78, 5) is 0. The van der Waals surface area contributed by atoms with Gasteiger partial charge in [0.05, 0.1) is 6.61 Å². The monoisotopic (exact) mass is 148 g/mol. The maximum Gasteiger partial charge on any atom is 0.0640 e. The summed E-state index contributed by atoms with van der Waals surface area (Å²) >= 11 is 3.69. The number of ether oxygens (including phenoxy) is 1. The Kier molecular flexibility index (Phi) is 3.40. The van der Waals surface area contributed by atoms with E-state index in [1.54, 1.807) is 0 Å². The minimum Gasteiger partial charge on any atom is -0.381 e. The number of hydrogen-bond donors (Lipinski definition) is 1. The van der Waals surface area contributed by atoms with Gasteiger partial charge in [0.15, 0.2) is 0 Å². The molecule has 0 aromatic carbocycles.